The van der Waals surface area contributed by atoms with Crippen molar-refractivity contribution in [3.63, 3.8) is 0 Å². The van der Waals surface area contributed by atoms with Crippen molar-refractivity contribution in [2.24, 2.45) is 0 Å². The minimum atomic E-state index is -0.948. The van der Waals surface area contributed by atoms with Crippen molar-refractivity contribution in [2.45, 2.75) is 30.6 Å². The highest BCUT2D eigenvalue weighted by molar-refractivity contribution is 7.98. The van der Waals surface area contributed by atoms with Crippen LogP contribution in [0.2, 0.25) is 10.0 Å². The summed E-state index contributed by atoms with van der Waals surface area (Å²) in [7, 11) is 0. The molecule has 1 aliphatic carbocycles. The number of ether oxygens (including phenoxy) is 2. The number of carbonyl (C=O) groups is 2. The maximum Gasteiger partial charge on any atom is 0.515 e. The Morgan fingerprint density at radius 1 is 1.35 bits per heavy atom. The molecule has 0 radical (unpaired) electrons. The molecule has 0 atom stereocenters. The summed E-state index contributed by atoms with van der Waals surface area (Å²) in [6.07, 6.45) is 2.60. The van der Waals surface area contributed by atoms with Crippen LogP contribution in [0.5, 0.6) is 5.88 Å². The molecule has 1 aromatic heterocycles. The van der Waals surface area contributed by atoms with Crippen molar-refractivity contribution >= 4 is 46.9 Å². The molecule has 1 aromatic carbocycles. The fourth-order valence-electron chi connectivity index (χ4n) is 2.46. The van der Waals surface area contributed by atoms with E-state index in [0.717, 1.165) is 12.8 Å². The third kappa shape index (κ3) is 3.70. The van der Waals surface area contributed by atoms with Gasteiger partial charge in [-0.3, -0.25) is 4.79 Å². The summed E-state index contributed by atoms with van der Waals surface area (Å²) in [5.41, 5.74) is 0.458. The summed E-state index contributed by atoms with van der Waals surface area (Å²) in [5.74, 6) is -0.0993. The average molecular weight is 416 g/mol. The third-order valence-corrected chi connectivity index (χ3v) is 5.55. The quantitative estimate of drug-likeness (QED) is 0.357. The molecule has 138 valence electrons. The molecule has 0 amide bonds. The van der Waals surface area contributed by atoms with Crippen LogP contribution in [0.3, 0.4) is 0 Å². The number of hydrogen-bond acceptors (Lipinski definition) is 7. The molecule has 2 aromatic rings. The zero-order valence-electron chi connectivity index (χ0n) is 14.0. The molecule has 26 heavy (non-hydrogen) atoms. The molecule has 3 rings (SSSR count). The Hall–Kier alpha value is -1.70. The molecule has 0 saturated heterocycles. The minimum absolute atomic E-state index is 0.0847. The van der Waals surface area contributed by atoms with Gasteiger partial charge < -0.3 is 14.0 Å². The van der Waals surface area contributed by atoms with E-state index in [1.807, 2.05) is 0 Å². The van der Waals surface area contributed by atoms with E-state index >= 15 is 0 Å². The smallest absolute Gasteiger partial charge is 0.434 e. The van der Waals surface area contributed by atoms with Crippen LogP contribution >= 0.6 is 35.0 Å². The van der Waals surface area contributed by atoms with Crippen LogP contribution in [0, 0.1) is 0 Å². The summed E-state index contributed by atoms with van der Waals surface area (Å²) >= 11 is 13.6. The van der Waals surface area contributed by atoms with Crippen LogP contribution in [0.4, 0.5) is 4.79 Å². The highest BCUT2D eigenvalue weighted by atomic mass is 35.5. The van der Waals surface area contributed by atoms with Crippen LogP contribution in [-0.2, 0) is 4.74 Å². The Morgan fingerprint density at radius 2 is 2.08 bits per heavy atom. The second-order valence-corrected chi connectivity index (χ2v) is 7.16. The first-order chi connectivity index (χ1) is 12.5. The Bertz CT molecular complexity index is 863. The van der Waals surface area contributed by atoms with Gasteiger partial charge >= 0.3 is 6.16 Å². The average Bonchev–Trinajstić information content (AvgIpc) is 3.38. The maximum absolute atomic E-state index is 13.2. The second kappa shape index (κ2) is 7.90. The normalized spacial score (nSPS) is 13.5. The Kier molecular flexibility index (Phi) is 5.79. The number of aromatic nitrogens is 1. The lowest BCUT2D eigenvalue weighted by molar-refractivity contribution is 0.0985. The van der Waals surface area contributed by atoms with Crippen molar-refractivity contribution in [2.75, 3.05) is 12.9 Å². The maximum atomic E-state index is 13.2. The molecule has 1 saturated carbocycles. The summed E-state index contributed by atoms with van der Waals surface area (Å²) < 4.78 is 15.1. The van der Waals surface area contributed by atoms with Gasteiger partial charge in [-0.2, -0.15) is 0 Å². The second-order valence-electron chi connectivity index (χ2n) is 5.56. The zero-order valence-corrected chi connectivity index (χ0v) is 16.3. The molecule has 0 spiro atoms. The Labute approximate surface area is 164 Å². The van der Waals surface area contributed by atoms with E-state index in [1.54, 1.807) is 25.3 Å². The SMILES string of the molecule is CCOC(=O)Oc1noc(C2CC2)c1C(=O)c1ccc(Cl)c(Cl)c1SC. The van der Waals surface area contributed by atoms with E-state index in [0.29, 0.717) is 26.3 Å². The van der Waals surface area contributed by atoms with Crippen molar-refractivity contribution in [3.05, 3.63) is 39.1 Å². The van der Waals surface area contributed by atoms with Gasteiger partial charge in [0.2, 0.25) is 5.78 Å². The van der Waals surface area contributed by atoms with Gasteiger partial charge in [-0.1, -0.05) is 23.2 Å². The van der Waals surface area contributed by atoms with E-state index in [4.69, 9.17) is 37.2 Å². The van der Waals surface area contributed by atoms with Crippen molar-refractivity contribution < 1.29 is 23.6 Å². The van der Waals surface area contributed by atoms with E-state index in [2.05, 4.69) is 5.16 Å². The van der Waals surface area contributed by atoms with Crippen LogP contribution in [0.15, 0.2) is 21.6 Å². The number of rotatable bonds is 6. The van der Waals surface area contributed by atoms with Gasteiger partial charge in [-0.15, -0.1) is 11.8 Å². The largest absolute Gasteiger partial charge is 0.515 e. The molecule has 0 bridgehead atoms. The van der Waals surface area contributed by atoms with Crippen molar-refractivity contribution in [1.82, 2.24) is 5.16 Å². The van der Waals surface area contributed by atoms with Gasteiger partial charge in [-0.05, 0) is 43.3 Å². The number of thioether (sulfide) groups is 1. The Balaban J connectivity index is 2.05. The first-order valence-corrected chi connectivity index (χ1v) is 9.86. The number of hydrogen-bond donors (Lipinski definition) is 0. The number of carbonyl (C=O) groups excluding carboxylic acids is 2. The van der Waals surface area contributed by atoms with E-state index in [9.17, 15) is 9.59 Å². The molecular weight excluding hydrogens is 401 g/mol. The lowest BCUT2D eigenvalue weighted by Gasteiger charge is -2.10. The fraction of sp³-hybridized carbons (Fsp3) is 0.353. The highest BCUT2D eigenvalue weighted by Crippen LogP contribution is 2.45. The third-order valence-electron chi connectivity index (χ3n) is 3.80. The van der Waals surface area contributed by atoms with Gasteiger partial charge in [-0.25, -0.2) is 4.79 Å². The number of nitrogens with zero attached hydrogens (tertiary/aromatic N) is 1. The molecule has 0 aliphatic heterocycles. The topological polar surface area (TPSA) is 78.6 Å². The fourth-order valence-corrected chi connectivity index (χ4v) is 3.74. The van der Waals surface area contributed by atoms with Crippen LogP contribution in [0.25, 0.3) is 0 Å². The van der Waals surface area contributed by atoms with E-state index < -0.39 is 11.9 Å². The Morgan fingerprint density at radius 3 is 2.69 bits per heavy atom. The number of benzene rings is 1. The molecule has 6 nitrogen and oxygen atoms in total. The molecule has 1 fully saturated rings. The molecule has 1 aliphatic rings. The summed E-state index contributed by atoms with van der Waals surface area (Å²) in [4.78, 5) is 25.4. The van der Waals surface area contributed by atoms with Crippen molar-refractivity contribution in [1.29, 1.82) is 0 Å². The number of ketones is 1. The summed E-state index contributed by atoms with van der Waals surface area (Å²) in [6, 6.07) is 3.13. The molecule has 0 N–H and O–H groups in total. The predicted octanol–water partition coefficient (Wildman–Crippen LogP) is 5.35. The monoisotopic (exact) mass is 415 g/mol. The van der Waals surface area contributed by atoms with Gasteiger partial charge in [0.05, 0.1) is 16.7 Å². The van der Waals surface area contributed by atoms with Gasteiger partial charge in [0.25, 0.3) is 5.88 Å². The molecule has 0 unspecified atom stereocenters. The minimum Gasteiger partial charge on any atom is -0.434 e. The predicted molar refractivity (Wildman–Crippen MR) is 97.8 cm³/mol. The van der Waals surface area contributed by atoms with Crippen LogP contribution < -0.4 is 4.74 Å². The van der Waals surface area contributed by atoms with Gasteiger partial charge in [0, 0.05) is 16.4 Å². The van der Waals surface area contributed by atoms with Crippen LogP contribution in [0.1, 0.15) is 47.4 Å². The highest BCUT2D eigenvalue weighted by Gasteiger charge is 2.37. The number of halogens is 2. The lowest BCUT2D eigenvalue weighted by Crippen LogP contribution is -2.14. The molecule has 1 heterocycles. The summed E-state index contributed by atoms with van der Waals surface area (Å²) in [6.45, 7) is 1.78. The van der Waals surface area contributed by atoms with Crippen molar-refractivity contribution in [3.8, 4) is 5.88 Å². The van der Waals surface area contributed by atoms with E-state index in [1.165, 1.54) is 11.8 Å². The first-order valence-electron chi connectivity index (χ1n) is 7.88. The standard InChI is InChI=1S/C17H15Cl2NO5S/c1-3-23-17(22)24-16-11(14(25-20-16)8-4-5-8)13(21)9-6-7-10(18)12(19)15(9)26-2/h6-8H,3-5H2,1-2H3. The molecular formula is C17H15Cl2NO5S. The molecule has 9 heteroatoms. The van der Waals surface area contributed by atoms with E-state index in [-0.39, 0.29) is 24.0 Å². The van der Waals surface area contributed by atoms with Gasteiger partial charge in [0.1, 0.15) is 5.56 Å². The van der Waals surface area contributed by atoms with Crippen LogP contribution in [-0.4, -0.2) is 30.0 Å². The van der Waals surface area contributed by atoms with Gasteiger partial charge in [0.15, 0.2) is 5.76 Å². The lowest BCUT2D eigenvalue weighted by atomic mass is 10.0. The zero-order chi connectivity index (χ0) is 18.8. The summed E-state index contributed by atoms with van der Waals surface area (Å²) in [5, 5.41) is 4.40. The first kappa shape index (κ1) is 19.1.